The van der Waals surface area contributed by atoms with Crippen molar-refractivity contribution in [2.24, 2.45) is 5.92 Å². The van der Waals surface area contributed by atoms with E-state index in [0.717, 1.165) is 13.1 Å². The number of hydrogen-bond acceptors (Lipinski definition) is 2. The highest BCUT2D eigenvalue weighted by Gasteiger charge is 2.24. The fraction of sp³-hybridized carbons (Fsp3) is 0.500. The predicted molar refractivity (Wildman–Crippen MR) is 74.8 cm³/mol. The summed E-state index contributed by atoms with van der Waals surface area (Å²) < 4.78 is 0. The Balaban J connectivity index is 2.11. The van der Waals surface area contributed by atoms with E-state index in [1.54, 1.807) is 18.2 Å². The molecule has 1 aromatic carbocycles. The number of amides is 1. The molecular weight excluding hydrogens is 248 g/mol. The molecule has 1 aromatic rings. The molecule has 2 N–H and O–H groups in total. The third-order valence-electron chi connectivity index (χ3n) is 3.60. The zero-order chi connectivity index (χ0) is 13.1. The number of benzene rings is 1. The van der Waals surface area contributed by atoms with E-state index >= 15 is 0 Å². The molecule has 2 rings (SSSR count). The molecule has 0 unspecified atom stereocenters. The number of nitrogens with zero attached hydrogens (tertiary/aromatic N) is 1. The van der Waals surface area contributed by atoms with Crippen LogP contribution in [0.2, 0.25) is 5.02 Å². The summed E-state index contributed by atoms with van der Waals surface area (Å²) in [5, 5.41) is 0.437. The molecule has 1 fully saturated rings. The topological polar surface area (TPSA) is 46.3 Å². The Labute approximate surface area is 113 Å². The van der Waals surface area contributed by atoms with E-state index in [2.05, 4.69) is 0 Å². The molecule has 0 saturated heterocycles. The molecule has 0 atom stereocenters. The maximum absolute atomic E-state index is 12.4. The fourth-order valence-corrected chi connectivity index (χ4v) is 2.49. The zero-order valence-electron chi connectivity index (χ0n) is 10.7. The van der Waals surface area contributed by atoms with E-state index in [9.17, 15) is 4.79 Å². The highest BCUT2D eigenvalue weighted by molar-refractivity contribution is 6.34. The molecule has 1 aliphatic rings. The van der Waals surface area contributed by atoms with E-state index in [1.165, 1.54) is 19.3 Å². The normalized spacial score (nSPS) is 15.2. The van der Waals surface area contributed by atoms with E-state index < -0.39 is 0 Å². The molecule has 0 aromatic heterocycles. The molecule has 98 valence electrons. The van der Waals surface area contributed by atoms with Crippen molar-refractivity contribution in [1.29, 1.82) is 0 Å². The van der Waals surface area contributed by atoms with Gasteiger partial charge in [0.1, 0.15) is 0 Å². The Morgan fingerprint density at radius 2 is 2.22 bits per heavy atom. The van der Waals surface area contributed by atoms with Crippen LogP contribution in [-0.2, 0) is 0 Å². The maximum Gasteiger partial charge on any atom is 0.255 e. The van der Waals surface area contributed by atoms with E-state index in [-0.39, 0.29) is 5.91 Å². The Morgan fingerprint density at radius 3 is 2.72 bits per heavy atom. The van der Waals surface area contributed by atoms with Gasteiger partial charge in [0, 0.05) is 18.8 Å². The van der Waals surface area contributed by atoms with Crippen molar-refractivity contribution >= 4 is 23.2 Å². The van der Waals surface area contributed by atoms with Gasteiger partial charge in [0.25, 0.3) is 5.91 Å². The summed E-state index contributed by atoms with van der Waals surface area (Å²) in [4.78, 5) is 14.3. The van der Waals surface area contributed by atoms with Gasteiger partial charge in [0.15, 0.2) is 0 Å². The van der Waals surface area contributed by atoms with Crippen LogP contribution in [0, 0.1) is 5.92 Å². The van der Waals surface area contributed by atoms with Gasteiger partial charge in [-0.3, -0.25) is 4.79 Å². The molecule has 0 radical (unpaired) electrons. The number of carbonyl (C=O) groups is 1. The summed E-state index contributed by atoms with van der Waals surface area (Å²) in [5.74, 6) is 0.677. The zero-order valence-corrected chi connectivity index (χ0v) is 11.4. The predicted octanol–water partition coefficient (Wildman–Crippen LogP) is 3.18. The minimum atomic E-state index is 0.00870. The van der Waals surface area contributed by atoms with Crippen molar-refractivity contribution in [1.82, 2.24) is 4.90 Å². The molecule has 0 heterocycles. The van der Waals surface area contributed by atoms with Crippen molar-refractivity contribution in [3.05, 3.63) is 28.8 Å². The number of anilines is 1. The van der Waals surface area contributed by atoms with Crippen molar-refractivity contribution in [3.8, 4) is 0 Å². The van der Waals surface area contributed by atoms with Gasteiger partial charge in [-0.15, -0.1) is 0 Å². The minimum Gasteiger partial charge on any atom is -0.399 e. The van der Waals surface area contributed by atoms with Crippen LogP contribution in [0.1, 0.15) is 36.5 Å². The number of carbonyl (C=O) groups excluding carboxylic acids is 1. The Hall–Kier alpha value is -1.22. The van der Waals surface area contributed by atoms with E-state index in [0.29, 0.717) is 22.2 Å². The third-order valence-corrected chi connectivity index (χ3v) is 3.91. The maximum atomic E-state index is 12.4. The van der Waals surface area contributed by atoms with Gasteiger partial charge in [-0.05, 0) is 43.9 Å². The number of hydrogen-bond donors (Lipinski definition) is 1. The van der Waals surface area contributed by atoms with Crippen molar-refractivity contribution in [3.63, 3.8) is 0 Å². The largest absolute Gasteiger partial charge is 0.399 e. The Bertz CT molecular complexity index is 443. The van der Waals surface area contributed by atoms with Gasteiger partial charge in [0.2, 0.25) is 0 Å². The van der Waals surface area contributed by atoms with Crippen molar-refractivity contribution < 1.29 is 4.79 Å². The van der Waals surface area contributed by atoms with Crippen LogP contribution in [0.4, 0.5) is 5.69 Å². The molecule has 0 spiro atoms. The number of rotatable bonds is 4. The van der Waals surface area contributed by atoms with Gasteiger partial charge in [0.05, 0.1) is 10.6 Å². The molecular formula is C14H19ClN2O. The van der Waals surface area contributed by atoms with Gasteiger partial charge in [-0.1, -0.05) is 18.0 Å². The van der Waals surface area contributed by atoms with Gasteiger partial charge in [-0.2, -0.15) is 0 Å². The lowest BCUT2D eigenvalue weighted by molar-refractivity contribution is 0.0706. The van der Waals surface area contributed by atoms with Gasteiger partial charge in [-0.25, -0.2) is 0 Å². The average Bonchev–Trinajstić information content (AvgIpc) is 2.27. The molecule has 1 aliphatic carbocycles. The second kappa shape index (κ2) is 5.61. The summed E-state index contributed by atoms with van der Waals surface area (Å²) in [5.41, 5.74) is 6.77. The van der Waals surface area contributed by atoms with E-state index in [4.69, 9.17) is 17.3 Å². The smallest absolute Gasteiger partial charge is 0.255 e. The molecule has 0 aliphatic heterocycles. The van der Waals surface area contributed by atoms with Gasteiger partial charge < -0.3 is 10.6 Å². The van der Waals surface area contributed by atoms with Crippen LogP contribution in [-0.4, -0.2) is 23.9 Å². The third kappa shape index (κ3) is 2.78. The molecule has 0 bridgehead atoms. The highest BCUT2D eigenvalue weighted by Crippen LogP contribution is 2.28. The first-order valence-electron chi connectivity index (χ1n) is 6.46. The summed E-state index contributed by atoms with van der Waals surface area (Å²) >= 11 is 6.08. The van der Waals surface area contributed by atoms with Crippen LogP contribution in [0.3, 0.4) is 0 Å². The quantitative estimate of drug-likeness (QED) is 0.851. The first-order valence-corrected chi connectivity index (χ1v) is 6.84. The molecule has 1 saturated carbocycles. The number of nitrogens with two attached hydrogens (primary N) is 1. The highest BCUT2D eigenvalue weighted by atomic mass is 35.5. The van der Waals surface area contributed by atoms with Crippen LogP contribution in [0.15, 0.2) is 18.2 Å². The SMILES string of the molecule is CCN(CC1CCC1)C(=O)c1ccc(N)cc1Cl. The molecule has 4 heteroatoms. The lowest BCUT2D eigenvalue weighted by Gasteiger charge is -2.32. The van der Waals surface area contributed by atoms with Gasteiger partial charge >= 0.3 is 0 Å². The monoisotopic (exact) mass is 266 g/mol. The average molecular weight is 267 g/mol. The Kier molecular flexibility index (Phi) is 4.12. The summed E-state index contributed by atoms with van der Waals surface area (Å²) in [6.07, 6.45) is 3.76. The van der Waals surface area contributed by atoms with Crippen molar-refractivity contribution in [2.45, 2.75) is 26.2 Å². The molecule has 3 nitrogen and oxygen atoms in total. The summed E-state index contributed by atoms with van der Waals surface area (Å²) in [6.45, 7) is 3.56. The van der Waals surface area contributed by atoms with Crippen LogP contribution < -0.4 is 5.73 Å². The molecule has 1 amide bonds. The second-order valence-electron chi connectivity index (χ2n) is 4.88. The van der Waals surface area contributed by atoms with Crippen LogP contribution >= 0.6 is 11.6 Å². The molecule has 18 heavy (non-hydrogen) atoms. The number of nitrogen functional groups attached to an aromatic ring is 1. The van der Waals surface area contributed by atoms with Crippen LogP contribution in [0.5, 0.6) is 0 Å². The fourth-order valence-electron chi connectivity index (χ4n) is 2.22. The first-order chi connectivity index (χ1) is 8.61. The lowest BCUT2D eigenvalue weighted by Crippen LogP contribution is -2.37. The number of halogens is 1. The first kappa shape index (κ1) is 13.2. The van der Waals surface area contributed by atoms with Crippen LogP contribution in [0.25, 0.3) is 0 Å². The second-order valence-corrected chi connectivity index (χ2v) is 5.29. The summed E-state index contributed by atoms with van der Waals surface area (Å²) in [6, 6.07) is 5.06. The lowest BCUT2D eigenvalue weighted by atomic mass is 9.85. The van der Waals surface area contributed by atoms with Crippen molar-refractivity contribution in [2.75, 3.05) is 18.8 Å². The Morgan fingerprint density at radius 1 is 1.50 bits per heavy atom. The van der Waals surface area contributed by atoms with E-state index in [1.807, 2.05) is 11.8 Å². The standard InChI is InChI=1S/C14H19ClN2O/c1-2-17(9-10-4-3-5-10)14(18)12-7-6-11(16)8-13(12)15/h6-8,10H,2-5,9,16H2,1H3. The summed E-state index contributed by atoms with van der Waals surface area (Å²) in [7, 11) is 0. The minimum absolute atomic E-state index is 0.00870.